The van der Waals surface area contributed by atoms with Crippen LogP contribution in [0.5, 0.6) is 0 Å². The molecule has 4 aliphatic carbocycles. The fourth-order valence-electron chi connectivity index (χ4n) is 8.51. The minimum atomic E-state index is 0.275. The van der Waals surface area contributed by atoms with Crippen molar-refractivity contribution in [1.29, 1.82) is 0 Å². The van der Waals surface area contributed by atoms with Gasteiger partial charge in [0.25, 0.3) is 0 Å². The Hall–Kier alpha value is -0.560. The zero-order valence-corrected chi connectivity index (χ0v) is 17.2. The Kier molecular flexibility index (Phi) is 4.91. The topological polar surface area (TPSA) is 18.5 Å². The number of hydrogen-bond acceptors (Lipinski definition) is 2. The standard InChI is InChI=1S/C24H38O2/c1-5-12-23-13-6-7-14-24(23,17-25-3)20-11-15-22(2)19(18(20)10-16-23)8-9-21(22)26-4/h12,18-21H,1,6-11,13-17H2,2-4H3/t18-,19-,20-,21-,22-,23?,24-/m0/s1. The second-order valence-corrected chi connectivity index (χ2v) is 10.1. The Morgan fingerprint density at radius 2 is 1.81 bits per heavy atom. The zero-order chi connectivity index (χ0) is 18.4. The highest BCUT2D eigenvalue weighted by atomic mass is 16.5. The molecule has 1 unspecified atom stereocenters. The van der Waals surface area contributed by atoms with Crippen LogP contribution in [0.15, 0.2) is 18.4 Å². The van der Waals surface area contributed by atoms with Gasteiger partial charge in [-0.3, -0.25) is 0 Å². The summed E-state index contributed by atoms with van der Waals surface area (Å²) in [6.07, 6.45) is 16.2. The molecule has 26 heavy (non-hydrogen) atoms. The number of rotatable bonds is 4. The maximum absolute atomic E-state index is 5.95. The lowest BCUT2D eigenvalue weighted by Gasteiger charge is -2.65. The molecule has 0 aliphatic heterocycles. The highest BCUT2D eigenvalue weighted by molar-refractivity contribution is 5.19. The maximum Gasteiger partial charge on any atom is 0.0627 e. The molecule has 0 spiro atoms. The molecule has 0 aromatic heterocycles. The van der Waals surface area contributed by atoms with Gasteiger partial charge in [-0.2, -0.15) is 0 Å². The minimum absolute atomic E-state index is 0.275. The molecular formula is C24H38O2. The summed E-state index contributed by atoms with van der Waals surface area (Å²) in [7, 11) is 3.84. The van der Waals surface area contributed by atoms with E-state index in [4.69, 9.17) is 9.47 Å². The first-order valence-corrected chi connectivity index (χ1v) is 11.0. The van der Waals surface area contributed by atoms with E-state index in [0.717, 1.165) is 24.4 Å². The average Bonchev–Trinajstić information content (AvgIpc) is 2.98. The van der Waals surface area contributed by atoms with Gasteiger partial charge in [-0.25, -0.2) is 0 Å². The van der Waals surface area contributed by atoms with E-state index in [1.54, 1.807) is 0 Å². The molecule has 2 heteroatoms. The summed E-state index contributed by atoms with van der Waals surface area (Å²) < 4.78 is 11.9. The van der Waals surface area contributed by atoms with Crippen molar-refractivity contribution >= 4 is 0 Å². The van der Waals surface area contributed by atoms with Crippen LogP contribution >= 0.6 is 0 Å². The van der Waals surface area contributed by atoms with E-state index in [0.29, 0.717) is 16.9 Å². The van der Waals surface area contributed by atoms with Crippen molar-refractivity contribution in [1.82, 2.24) is 0 Å². The SMILES string of the molecule is C=C=CC12CCCC[C@]1(COC)[C@H]1CC[C@]3(C)[C@@H](OC)CC[C@H]3[C@@H]1CC2. The van der Waals surface area contributed by atoms with Gasteiger partial charge in [0.1, 0.15) is 0 Å². The zero-order valence-electron chi connectivity index (χ0n) is 17.2. The number of fused-ring (bicyclic) bond motifs is 5. The van der Waals surface area contributed by atoms with Crippen LogP contribution in [0.4, 0.5) is 0 Å². The molecule has 7 atom stereocenters. The van der Waals surface area contributed by atoms with Crippen molar-refractivity contribution in [2.75, 3.05) is 20.8 Å². The molecule has 0 amide bonds. The summed E-state index contributed by atoms with van der Waals surface area (Å²) in [5, 5.41) is 0. The first-order valence-electron chi connectivity index (χ1n) is 11.0. The summed E-state index contributed by atoms with van der Waals surface area (Å²) in [6.45, 7) is 7.44. The molecule has 2 nitrogen and oxygen atoms in total. The summed E-state index contributed by atoms with van der Waals surface area (Å²) in [4.78, 5) is 0. The van der Waals surface area contributed by atoms with Gasteiger partial charge in [-0.1, -0.05) is 26.3 Å². The Bertz CT molecular complexity index is 575. The Balaban J connectivity index is 1.73. The van der Waals surface area contributed by atoms with E-state index in [1.807, 2.05) is 14.2 Å². The molecule has 4 saturated carbocycles. The van der Waals surface area contributed by atoms with Crippen molar-refractivity contribution in [2.45, 2.75) is 77.2 Å². The smallest absolute Gasteiger partial charge is 0.0627 e. The summed E-state index contributed by atoms with van der Waals surface area (Å²) >= 11 is 0. The van der Waals surface area contributed by atoms with E-state index in [1.165, 1.54) is 64.2 Å². The predicted octanol–water partition coefficient (Wildman–Crippen LogP) is 5.77. The van der Waals surface area contributed by atoms with E-state index in [-0.39, 0.29) is 5.41 Å². The molecular weight excluding hydrogens is 320 g/mol. The van der Waals surface area contributed by atoms with Gasteiger partial charge < -0.3 is 9.47 Å². The van der Waals surface area contributed by atoms with Gasteiger partial charge in [-0.15, -0.1) is 5.73 Å². The van der Waals surface area contributed by atoms with E-state index in [2.05, 4.69) is 25.3 Å². The molecule has 4 aliphatic rings. The van der Waals surface area contributed by atoms with Crippen LogP contribution in [0, 0.1) is 34.0 Å². The maximum atomic E-state index is 5.95. The van der Waals surface area contributed by atoms with Crippen LogP contribution in [0.3, 0.4) is 0 Å². The highest BCUT2D eigenvalue weighted by Crippen LogP contribution is 2.70. The second kappa shape index (κ2) is 6.80. The van der Waals surface area contributed by atoms with Crippen LogP contribution in [0.1, 0.15) is 71.1 Å². The quantitative estimate of drug-likeness (QED) is 0.594. The molecule has 4 fully saturated rings. The molecule has 4 rings (SSSR count). The number of methoxy groups -OCH3 is 2. The van der Waals surface area contributed by atoms with Crippen molar-refractivity contribution < 1.29 is 9.47 Å². The molecule has 0 radical (unpaired) electrons. The van der Waals surface area contributed by atoms with Crippen LogP contribution in [0.25, 0.3) is 0 Å². The predicted molar refractivity (Wildman–Crippen MR) is 106 cm³/mol. The van der Waals surface area contributed by atoms with Crippen LogP contribution in [-0.2, 0) is 9.47 Å². The molecule has 146 valence electrons. The van der Waals surface area contributed by atoms with Crippen molar-refractivity contribution in [3.63, 3.8) is 0 Å². The van der Waals surface area contributed by atoms with Gasteiger partial charge in [0.05, 0.1) is 12.7 Å². The second-order valence-electron chi connectivity index (χ2n) is 10.1. The third-order valence-corrected chi connectivity index (χ3v) is 9.54. The van der Waals surface area contributed by atoms with Crippen molar-refractivity contribution in [3.05, 3.63) is 18.4 Å². The average molecular weight is 359 g/mol. The van der Waals surface area contributed by atoms with Gasteiger partial charge in [-0.05, 0) is 80.6 Å². The third-order valence-electron chi connectivity index (χ3n) is 9.54. The monoisotopic (exact) mass is 358 g/mol. The fraction of sp³-hybridized carbons (Fsp3) is 0.875. The summed E-state index contributed by atoms with van der Waals surface area (Å²) in [6, 6.07) is 0. The Morgan fingerprint density at radius 1 is 1.00 bits per heavy atom. The first-order chi connectivity index (χ1) is 12.6. The van der Waals surface area contributed by atoms with E-state index < -0.39 is 0 Å². The van der Waals surface area contributed by atoms with E-state index in [9.17, 15) is 0 Å². The minimum Gasteiger partial charge on any atom is -0.384 e. The molecule has 0 aromatic rings. The van der Waals surface area contributed by atoms with E-state index >= 15 is 0 Å². The van der Waals surface area contributed by atoms with Gasteiger partial charge >= 0.3 is 0 Å². The van der Waals surface area contributed by atoms with Crippen LogP contribution < -0.4 is 0 Å². The number of ether oxygens (including phenoxy) is 2. The number of allylic oxidation sites excluding steroid dienone is 1. The summed E-state index contributed by atoms with van der Waals surface area (Å²) in [5.41, 5.74) is 4.20. The lowest BCUT2D eigenvalue weighted by Crippen LogP contribution is -2.60. The van der Waals surface area contributed by atoms with Crippen molar-refractivity contribution in [2.24, 2.45) is 34.0 Å². The molecule has 0 saturated heterocycles. The molecule has 0 bridgehead atoms. The lowest BCUT2D eigenvalue weighted by molar-refractivity contribution is -0.178. The Labute approximate surface area is 160 Å². The first kappa shape index (κ1) is 18.8. The highest BCUT2D eigenvalue weighted by Gasteiger charge is 2.65. The van der Waals surface area contributed by atoms with Gasteiger partial charge in [0.2, 0.25) is 0 Å². The molecule has 0 N–H and O–H groups in total. The van der Waals surface area contributed by atoms with Gasteiger partial charge in [0.15, 0.2) is 0 Å². The lowest BCUT2D eigenvalue weighted by atomic mass is 9.40. The van der Waals surface area contributed by atoms with Gasteiger partial charge in [0, 0.05) is 25.0 Å². The molecule has 0 heterocycles. The van der Waals surface area contributed by atoms with Crippen LogP contribution in [-0.4, -0.2) is 26.9 Å². The summed E-state index contributed by atoms with van der Waals surface area (Å²) in [5.74, 6) is 2.50. The largest absolute Gasteiger partial charge is 0.384 e. The fourth-order valence-corrected chi connectivity index (χ4v) is 8.51. The van der Waals surface area contributed by atoms with Crippen LogP contribution in [0.2, 0.25) is 0 Å². The normalized spacial score (nSPS) is 50.3. The van der Waals surface area contributed by atoms with Crippen molar-refractivity contribution in [3.8, 4) is 0 Å². The Morgan fingerprint density at radius 3 is 2.54 bits per heavy atom. The molecule has 0 aromatic carbocycles. The third kappa shape index (κ3) is 2.38. The number of hydrogen-bond donors (Lipinski definition) is 0.